The van der Waals surface area contributed by atoms with Crippen molar-refractivity contribution < 1.29 is 23.5 Å². The second kappa shape index (κ2) is 10.7. The Bertz CT molecular complexity index is 1190. The fourth-order valence-corrected chi connectivity index (χ4v) is 3.63. The molecule has 0 saturated carbocycles. The van der Waals surface area contributed by atoms with E-state index < -0.39 is 5.82 Å². The molecule has 2 amide bonds. The molecule has 1 aromatic heterocycles. The molecule has 0 saturated heterocycles. The van der Waals surface area contributed by atoms with Gasteiger partial charge in [0.05, 0.1) is 18.9 Å². The Balaban J connectivity index is 1.66. The van der Waals surface area contributed by atoms with Gasteiger partial charge >= 0.3 is 0 Å². The summed E-state index contributed by atoms with van der Waals surface area (Å²) in [4.78, 5) is 27.7. The monoisotopic (exact) mass is 469 g/mol. The van der Waals surface area contributed by atoms with Crippen LogP contribution in [0.2, 0.25) is 0 Å². The lowest BCUT2D eigenvalue weighted by atomic mass is 10.1. The van der Waals surface area contributed by atoms with E-state index in [4.69, 9.17) is 9.47 Å². The van der Waals surface area contributed by atoms with Crippen LogP contribution in [0.3, 0.4) is 0 Å². The van der Waals surface area contributed by atoms with Gasteiger partial charge in [-0.3, -0.25) is 14.9 Å². The summed E-state index contributed by atoms with van der Waals surface area (Å²) in [5.41, 5.74) is 1.78. The minimum Gasteiger partial charge on any atom is -0.493 e. The molecule has 172 valence electrons. The van der Waals surface area contributed by atoms with E-state index in [1.807, 2.05) is 19.9 Å². The van der Waals surface area contributed by atoms with E-state index in [1.54, 1.807) is 36.8 Å². The third-order valence-electron chi connectivity index (χ3n) is 4.28. The van der Waals surface area contributed by atoms with E-state index in [0.717, 1.165) is 5.56 Å². The number of hydrogen-bond acceptors (Lipinski definition) is 6. The highest BCUT2D eigenvalue weighted by molar-refractivity contribution is 7.14. The Morgan fingerprint density at radius 1 is 1.12 bits per heavy atom. The van der Waals surface area contributed by atoms with Gasteiger partial charge in [-0.05, 0) is 55.8 Å². The summed E-state index contributed by atoms with van der Waals surface area (Å²) in [6.45, 7) is 5.20. The molecule has 0 aliphatic carbocycles. The maximum Gasteiger partial charge on any atom is 0.250 e. The molecule has 0 unspecified atom stereocenters. The SMILES string of the molecule is COc1cc(/C=C/C(=O)Nc2nc(-c3ccc(NC(C)=O)cc3F)cs2)ccc1OC(C)C. The Morgan fingerprint density at radius 3 is 2.58 bits per heavy atom. The van der Waals surface area contributed by atoms with Crippen LogP contribution in [0.25, 0.3) is 17.3 Å². The van der Waals surface area contributed by atoms with Crippen LogP contribution in [0.1, 0.15) is 26.3 Å². The van der Waals surface area contributed by atoms with Gasteiger partial charge in [0.2, 0.25) is 11.8 Å². The number of methoxy groups -OCH3 is 1. The van der Waals surface area contributed by atoms with Gasteiger partial charge in [-0.15, -0.1) is 11.3 Å². The number of hydrogen-bond donors (Lipinski definition) is 2. The lowest BCUT2D eigenvalue weighted by molar-refractivity contribution is -0.114. The first-order valence-electron chi connectivity index (χ1n) is 10.1. The predicted octanol–water partition coefficient (Wildman–Crippen LogP) is 5.36. The van der Waals surface area contributed by atoms with Crippen molar-refractivity contribution in [2.45, 2.75) is 26.9 Å². The van der Waals surface area contributed by atoms with Crippen molar-refractivity contribution in [3.05, 3.63) is 59.2 Å². The highest BCUT2D eigenvalue weighted by atomic mass is 32.1. The number of nitrogens with zero attached hydrogens (tertiary/aromatic N) is 1. The standard InChI is InChI=1S/C24H24FN3O4S/c1-14(2)32-21-9-5-16(11-22(21)31-4)6-10-23(30)28-24-27-20(13-33-24)18-8-7-17(12-19(18)25)26-15(3)29/h5-14H,1-4H3,(H,26,29)(H,27,28,30)/b10-6+. The van der Waals surface area contributed by atoms with E-state index in [9.17, 15) is 14.0 Å². The van der Waals surface area contributed by atoms with E-state index in [1.165, 1.54) is 36.5 Å². The van der Waals surface area contributed by atoms with Crippen LogP contribution in [0.15, 0.2) is 47.9 Å². The molecular formula is C24H24FN3O4S. The van der Waals surface area contributed by atoms with Gasteiger partial charge < -0.3 is 14.8 Å². The molecule has 0 aliphatic heterocycles. The van der Waals surface area contributed by atoms with Gasteiger partial charge in [-0.25, -0.2) is 9.37 Å². The van der Waals surface area contributed by atoms with Crippen LogP contribution in [-0.2, 0) is 9.59 Å². The van der Waals surface area contributed by atoms with Gasteiger partial charge in [0.15, 0.2) is 16.6 Å². The van der Waals surface area contributed by atoms with Gasteiger partial charge in [0.1, 0.15) is 5.82 Å². The first-order chi connectivity index (χ1) is 15.7. The van der Waals surface area contributed by atoms with Crippen LogP contribution >= 0.6 is 11.3 Å². The number of benzene rings is 2. The second-order valence-electron chi connectivity index (χ2n) is 7.31. The minimum atomic E-state index is -0.525. The summed E-state index contributed by atoms with van der Waals surface area (Å²) in [5, 5.41) is 7.18. The molecule has 0 fully saturated rings. The molecule has 0 aliphatic rings. The zero-order valence-corrected chi connectivity index (χ0v) is 19.5. The first kappa shape index (κ1) is 23.9. The van der Waals surface area contributed by atoms with Crippen molar-refractivity contribution in [1.82, 2.24) is 4.98 Å². The number of thiazole rings is 1. The number of anilines is 2. The van der Waals surface area contributed by atoms with Crippen molar-refractivity contribution in [2.24, 2.45) is 0 Å². The van der Waals surface area contributed by atoms with Crippen LogP contribution in [0.4, 0.5) is 15.2 Å². The lowest BCUT2D eigenvalue weighted by Gasteiger charge is -2.13. The summed E-state index contributed by atoms with van der Waals surface area (Å²) >= 11 is 1.18. The Kier molecular flexibility index (Phi) is 7.78. The van der Waals surface area contributed by atoms with Crippen LogP contribution in [-0.4, -0.2) is 30.0 Å². The molecule has 0 spiro atoms. The van der Waals surface area contributed by atoms with Crippen molar-refractivity contribution in [1.29, 1.82) is 0 Å². The van der Waals surface area contributed by atoms with Crippen molar-refractivity contribution in [2.75, 3.05) is 17.7 Å². The van der Waals surface area contributed by atoms with E-state index in [0.29, 0.717) is 28.0 Å². The highest BCUT2D eigenvalue weighted by Crippen LogP contribution is 2.30. The number of nitrogens with one attached hydrogen (secondary N) is 2. The predicted molar refractivity (Wildman–Crippen MR) is 128 cm³/mol. The van der Waals surface area contributed by atoms with Crippen molar-refractivity contribution in [3.63, 3.8) is 0 Å². The van der Waals surface area contributed by atoms with Gasteiger partial charge in [-0.1, -0.05) is 6.07 Å². The molecule has 9 heteroatoms. The molecule has 7 nitrogen and oxygen atoms in total. The maximum absolute atomic E-state index is 14.4. The average Bonchev–Trinajstić information content (AvgIpc) is 3.20. The largest absolute Gasteiger partial charge is 0.493 e. The number of aromatic nitrogens is 1. The average molecular weight is 470 g/mol. The fraction of sp³-hybridized carbons (Fsp3) is 0.208. The summed E-state index contributed by atoms with van der Waals surface area (Å²) < 4.78 is 25.5. The summed E-state index contributed by atoms with van der Waals surface area (Å²) in [7, 11) is 1.55. The van der Waals surface area contributed by atoms with Crippen molar-refractivity contribution >= 4 is 40.0 Å². The zero-order chi connectivity index (χ0) is 24.0. The third kappa shape index (κ3) is 6.63. The Labute approximate surface area is 195 Å². The Hall–Kier alpha value is -3.72. The van der Waals surface area contributed by atoms with Crippen LogP contribution in [0.5, 0.6) is 11.5 Å². The molecule has 1 heterocycles. The molecule has 2 N–H and O–H groups in total. The van der Waals surface area contributed by atoms with E-state index in [2.05, 4.69) is 15.6 Å². The molecule has 3 aromatic rings. The number of carbonyl (C=O) groups is 2. The second-order valence-corrected chi connectivity index (χ2v) is 8.17. The number of ether oxygens (including phenoxy) is 2. The quantitative estimate of drug-likeness (QED) is 0.434. The molecule has 0 bridgehead atoms. The fourth-order valence-electron chi connectivity index (χ4n) is 2.92. The van der Waals surface area contributed by atoms with E-state index in [-0.39, 0.29) is 23.5 Å². The highest BCUT2D eigenvalue weighted by Gasteiger charge is 2.12. The number of halogens is 1. The van der Waals surface area contributed by atoms with Gasteiger partial charge in [0.25, 0.3) is 0 Å². The molecule has 33 heavy (non-hydrogen) atoms. The normalized spacial score (nSPS) is 11.0. The number of carbonyl (C=O) groups excluding carboxylic acids is 2. The number of amides is 2. The number of rotatable bonds is 8. The Morgan fingerprint density at radius 2 is 1.91 bits per heavy atom. The van der Waals surface area contributed by atoms with E-state index >= 15 is 0 Å². The van der Waals surface area contributed by atoms with Crippen LogP contribution < -0.4 is 20.1 Å². The summed E-state index contributed by atoms with van der Waals surface area (Å²) in [6.07, 6.45) is 3.03. The molecule has 0 atom stereocenters. The van der Waals surface area contributed by atoms with Gasteiger partial charge in [0, 0.05) is 29.6 Å². The van der Waals surface area contributed by atoms with Gasteiger partial charge in [-0.2, -0.15) is 0 Å². The van der Waals surface area contributed by atoms with Crippen molar-refractivity contribution in [3.8, 4) is 22.8 Å². The zero-order valence-electron chi connectivity index (χ0n) is 18.6. The smallest absolute Gasteiger partial charge is 0.250 e. The third-order valence-corrected chi connectivity index (χ3v) is 5.03. The minimum absolute atomic E-state index is 0.0119. The molecule has 0 radical (unpaired) electrons. The molecule has 2 aromatic carbocycles. The topological polar surface area (TPSA) is 89.5 Å². The maximum atomic E-state index is 14.4. The molecular weight excluding hydrogens is 445 g/mol. The summed E-state index contributed by atoms with van der Waals surface area (Å²) in [5.74, 6) is 0.0123. The summed E-state index contributed by atoms with van der Waals surface area (Å²) in [6, 6.07) is 9.72. The molecule has 3 rings (SSSR count). The van der Waals surface area contributed by atoms with Crippen LogP contribution in [0, 0.1) is 5.82 Å². The lowest BCUT2D eigenvalue weighted by Crippen LogP contribution is -2.07. The first-order valence-corrected chi connectivity index (χ1v) is 11.0.